The third kappa shape index (κ3) is 5.09. The van der Waals surface area contributed by atoms with Crippen LogP contribution < -0.4 is 15.0 Å². The Morgan fingerprint density at radius 2 is 1.81 bits per heavy atom. The number of carbonyl (C=O) groups is 2. The number of hydrogen-bond donors (Lipinski definition) is 1. The van der Waals surface area contributed by atoms with E-state index in [9.17, 15) is 9.59 Å². The number of anilines is 2. The van der Waals surface area contributed by atoms with Crippen molar-refractivity contribution in [1.29, 1.82) is 0 Å². The highest BCUT2D eigenvalue weighted by Gasteiger charge is 2.42. The molecule has 2 amide bonds. The summed E-state index contributed by atoms with van der Waals surface area (Å²) >= 11 is 0. The molecule has 2 atom stereocenters. The molecule has 1 aliphatic rings. The van der Waals surface area contributed by atoms with Gasteiger partial charge in [0, 0.05) is 29.9 Å². The van der Waals surface area contributed by atoms with Crippen LogP contribution in [0, 0.1) is 12.8 Å². The average Bonchev–Trinajstić information content (AvgIpc) is 3.35. The van der Waals surface area contributed by atoms with Crippen molar-refractivity contribution in [2.45, 2.75) is 32.4 Å². The maximum atomic E-state index is 13.8. The topological polar surface area (TPSA) is 89.3 Å². The van der Waals surface area contributed by atoms with E-state index in [1.165, 1.54) is 0 Å². The molecule has 0 spiro atoms. The fourth-order valence-corrected chi connectivity index (χ4v) is 4.87. The Bertz CT molecular complexity index is 1380. The number of carbonyl (C=O) groups excluding carboxylic acids is 2. The summed E-state index contributed by atoms with van der Waals surface area (Å²) in [5.41, 5.74) is 3.48. The van der Waals surface area contributed by atoms with Crippen molar-refractivity contribution in [3.05, 3.63) is 102 Å². The normalized spacial score (nSPS) is 17.5. The highest BCUT2D eigenvalue weighted by Crippen LogP contribution is 2.43. The first-order valence-corrected chi connectivity index (χ1v) is 12.3. The summed E-state index contributed by atoms with van der Waals surface area (Å²) in [6, 6.07) is 22.3. The zero-order valence-electron chi connectivity index (χ0n) is 20.9. The molecule has 1 saturated heterocycles. The van der Waals surface area contributed by atoms with E-state index >= 15 is 0 Å². The van der Waals surface area contributed by atoms with E-state index in [2.05, 4.69) is 15.4 Å². The number of para-hydroxylation sites is 1. The molecule has 2 aromatic carbocycles. The summed E-state index contributed by atoms with van der Waals surface area (Å²) in [7, 11) is 1.60. The van der Waals surface area contributed by atoms with Crippen molar-refractivity contribution >= 4 is 23.3 Å². The molecule has 1 aliphatic heterocycles. The molecule has 37 heavy (non-hydrogen) atoms. The van der Waals surface area contributed by atoms with Crippen molar-refractivity contribution in [3.8, 4) is 5.75 Å². The quantitative estimate of drug-likeness (QED) is 0.399. The smallest absolute Gasteiger partial charge is 0.231 e. The number of nitrogens with one attached hydrogen (secondary N) is 1. The maximum Gasteiger partial charge on any atom is 0.231 e. The standard InChI is InChI=1S/C29H29N5O3/c1-20-10-12-22(13-11-20)34-27(35)15-14-24(28(34)23-8-3-4-9-25(23)37-2)29(36)32-26-16-18-31-33(26)19-21-7-5-6-17-30-21/h3-13,16-18,24,28H,14-15,19H2,1-2H3,(H,32,36). The lowest BCUT2D eigenvalue weighted by Gasteiger charge is -2.41. The van der Waals surface area contributed by atoms with Crippen molar-refractivity contribution < 1.29 is 14.3 Å². The minimum atomic E-state index is -0.535. The van der Waals surface area contributed by atoms with Crippen LogP contribution >= 0.6 is 0 Å². The van der Waals surface area contributed by atoms with Gasteiger partial charge in [0.25, 0.3) is 0 Å². The van der Waals surface area contributed by atoms with E-state index in [1.807, 2.05) is 73.7 Å². The largest absolute Gasteiger partial charge is 0.496 e. The summed E-state index contributed by atoms with van der Waals surface area (Å²) in [6.45, 7) is 2.43. The molecule has 1 fully saturated rings. The van der Waals surface area contributed by atoms with Crippen LogP contribution in [0.2, 0.25) is 0 Å². The van der Waals surface area contributed by atoms with Gasteiger partial charge in [0.2, 0.25) is 11.8 Å². The fourth-order valence-electron chi connectivity index (χ4n) is 4.87. The van der Waals surface area contributed by atoms with Gasteiger partial charge in [-0.15, -0.1) is 0 Å². The molecule has 4 aromatic rings. The zero-order chi connectivity index (χ0) is 25.8. The van der Waals surface area contributed by atoms with Gasteiger partial charge in [-0.25, -0.2) is 4.68 Å². The molecule has 0 bridgehead atoms. The minimum Gasteiger partial charge on any atom is -0.496 e. The molecule has 2 unspecified atom stereocenters. The summed E-state index contributed by atoms with van der Waals surface area (Å²) in [5.74, 6) is 0.506. The van der Waals surface area contributed by atoms with Gasteiger partial charge in [-0.3, -0.25) is 14.6 Å². The maximum absolute atomic E-state index is 13.8. The van der Waals surface area contributed by atoms with Gasteiger partial charge in [-0.05, 0) is 43.7 Å². The first-order valence-electron chi connectivity index (χ1n) is 12.3. The summed E-state index contributed by atoms with van der Waals surface area (Å²) in [4.78, 5) is 33.3. The van der Waals surface area contributed by atoms with Gasteiger partial charge in [-0.2, -0.15) is 5.10 Å². The first kappa shape index (κ1) is 24.2. The summed E-state index contributed by atoms with van der Waals surface area (Å²) in [5, 5.41) is 7.44. The lowest BCUT2D eigenvalue weighted by Crippen LogP contribution is -2.47. The van der Waals surface area contributed by atoms with E-state index in [1.54, 1.807) is 35.2 Å². The van der Waals surface area contributed by atoms with Crippen LogP contribution in [0.25, 0.3) is 0 Å². The molecular weight excluding hydrogens is 466 g/mol. The first-order chi connectivity index (χ1) is 18.0. The van der Waals surface area contributed by atoms with Gasteiger partial charge in [0.05, 0.1) is 37.5 Å². The fraction of sp³-hybridized carbons (Fsp3) is 0.241. The van der Waals surface area contributed by atoms with Crippen LogP contribution in [0.1, 0.15) is 35.7 Å². The van der Waals surface area contributed by atoms with Gasteiger partial charge in [-0.1, -0.05) is 42.0 Å². The Labute approximate surface area is 215 Å². The van der Waals surface area contributed by atoms with Crippen molar-refractivity contribution in [2.75, 3.05) is 17.3 Å². The molecule has 8 nitrogen and oxygen atoms in total. The van der Waals surface area contributed by atoms with Crippen molar-refractivity contribution in [1.82, 2.24) is 14.8 Å². The molecule has 5 rings (SSSR count). The monoisotopic (exact) mass is 495 g/mol. The van der Waals surface area contributed by atoms with Crippen molar-refractivity contribution in [2.24, 2.45) is 5.92 Å². The van der Waals surface area contributed by atoms with Crippen LogP contribution in [-0.2, 0) is 16.1 Å². The highest BCUT2D eigenvalue weighted by molar-refractivity contribution is 6.00. The Balaban J connectivity index is 1.50. The second-order valence-corrected chi connectivity index (χ2v) is 9.12. The van der Waals surface area contributed by atoms with E-state index in [0.29, 0.717) is 24.5 Å². The number of piperidine rings is 1. The van der Waals surface area contributed by atoms with Crippen LogP contribution in [0.5, 0.6) is 5.75 Å². The third-order valence-corrected chi connectivity index (χ3v) is 6.71. The number of rotatable bonds is 7. The number of hydrogen-bond acceptors (Lipinski definition) is 5. The molecule has 188 valence electrons. The lowest BCUT2D eigenvalue weighted by molar-refractivity contribution is -0.126. The second kappa shape index (κ2) is 10.7. The zero-order valence-corrected chi connectivity index (χ0v) is 20.9. The molecule has 0 radical (unpaired) electrons. The molecule has 0 saturated carbocycles. The number of ether oxygens (including phenoxy) is 1. The number of nitrogens with zero attached hydrogens (tertiary/aromatic N) is 4. The summed E-state index contributed by atoms with van der Waals surface area (Å²) < 4.78 is 7.38. The number of amides is 2. The SMILES string of the molecule is COc1ccccc1C1C(C(=O)Nc2ccnn2Cc2ccccn2)CCC(=O)N1c1ccc(C)cc1. The summed E-state index contributed by atoms with van der Waals surface area (Å²) in [6.07, 6.45) is 4.07. The second-order valence-electron chi connectivity index (χ2n) is 9.12. The predicted octanol–water partition coefficient (Wildman–Crippen LogP) is 4.77. The molecule has 8 heteroatoms. The van der Waals surface area contributed by atoms with Crippen LogP contribution in [0.4, 0.5) is 11.5 Å². The van der Waals surface area contributed by atoms with Crippen LogP contribution in [0.3, 0.4) is 0 Å². The van der Waals surface area contributed by atoms with Gasteiger partial charge in [0.15, 0.2) is 0 Å². The van der Waals surface area contributed by atoms with Crippen LogP contribution in [-0.4, -0.2) is 33.7 Å². The number of aryl methyl sites for hydroxylation is 1. The van der Waals surface area contributed by atoms with E-state index in [0.717, 1.165) is 22.5 Å². The molecule has 2 aromatic heterocycles. The van der Waals surface area contributed by atoms with Crippen LogP contribution in [0.15, 0.2) is 85.2 Å². The Hall–Kier alpha value is -4.46. The number of pyridine rings is 1. The molecular formula is C29H29N5O3. The van der Waals surface area contributed by atoms with Gasteiger partial charge >= 0.3 is 0 Å². The van der Waals surface area contributed by atoms with Gasteiger partial charge < -0.3 is 15.0 Å². The number of aromatic nitrogens is 3. The number of benzene rings is 2. The lowest BCUT2D eigenvalue weighted by atomic mass is 9.82. The average molecular weight is 496 g/mol. The highest BCUT2D eigenvalue weighted by atomic mass is 16.5. The van der Waals surface area contributed by atoms with E-state index < -0.39 is 12.0 Å². The molecule has 3 heterocycles. The van der Waals surface area contributed by atoms with E-state index in [-0.39, 0.29) is 18.2 Å². The Morgan fingerprint density at radius 1 is 1.03 bits per heavy atom. The molecule has 1 N–H and O–H groups in total. The molecule has 0 aliphatic carbocycles. The predicted molar refractivity (Wildman–Crippen MR) is 141 cm³/mol. The minimum absolute atomic E-state index is 0.0241. The number of methoxy groups -OCH3 is 1. The third-order valence-electron chi connectivity index (χ3n) is 6.71. The van der Waals surface area contributed by atoms with E-state index in [4.69, 9.17) is 4.74 Å². The van der Waals surface area contributed by atoms with Crippen molar-refractivity contribution in [3.63, 3.8) is 0 Å². The van der Waals surface area contributed by atoms with Gasteiger partial charge in [0.1, 0.15) is 11.6 Å². The Kier molecular flexibility index (Phi) is 6.98. The Morgan fingerprint density at radius 3 is 2.57 bits per heavy atom.